The Morgan fingerprint density at radius 3 is 1.97 bits per heavy atom. The zero-order chi connectivity index (χ0) is 21.1. The zero-order valence-corrected chi connectivity index (χ0v) is 18.2. The van der Waals surface area contributed by atoms with Crippen LogP contribution in [0.1, 0.15) is 30.5 Å². The van der Waals surface area contributed by atoms with Crippen molar-refractivity contribution >= 4 is 5.96 Å². The van der Waals surface area contributed by atoms with Crippen molar-refractivity contribution in [2.24, 2.45) is 4.99 Å². The molecule has 0 aliphatic carbocycles. The lowest BCUT2D eigenvalue weighted by molar-refractivity contribution is 0.324. The fourth-order valence-corrected chi connectivity index (χ4v) is 3.01. The highest BCUT2D eigenvalue weighted by atomic mass is 16.5. The van der Waals surface area contributed by atoms with Gasteiger partial charge in [-0.2, -0.15) is 0 Å². The lowest BCUT2D eigenvalue weighted by Crippen LogP contribution is -2.38. The molecule has 6 heteroatoms. The number of benzene rings is 2. The number of hydrogen-bond donors (Lipinski definition) is 2. The van der Waals surface area contributed by atoms with Crippen molar-refractivity contribution in [1.82, 2.24) is 10.6 Å². The lowest BCUT2D eigenvalue weighted by atomic mass is 10.1. The van der Waals surface area contributed by atoms with Crippen molar-refractivity contribution in [3.63, 3.8) is 0 Å². The van der Waals surface area contributed by atoms with E-state index in [9.17, 15) is 0 Å². The lowest BCUT2D eigenvalue weighted by Gasteiger charge is -2.14. The normalized spacial score (nSPS) is 11.1. The third-order valence-corrected chi connectivity index (χ3v) is 4.63. The molecule has 0 bridgehead atoms. The summed E-state index contributed by atoms with van der Waals surface area (Å²) in [7, 11) is 4.83. The molecule has 0 saturated heterocycles. The van der Waals surface area contributed by atoms with Gasteiger partial charge >= 0.3 is 0 Å². The molecule has 0 fully saturated rings. The number of nitrogens with one attached hydrogen (secondary N) is 2. The Balaban J connectivity index is 2.02. The van der Waals surface area contributed by atoms with Gasteiger partial charge in [-0.05, 0) is 48.6 Å². The van der Waals surface area contributed by atoms with E-state index in [4.69, 9.17) is 19.2 Å². The Bertz CT molecular complexity index is 763. The summed E-state index contributed by atoms with van der Waals surface area (Å²) in [5.74, 6) is 2.63. The first kappa shape index (κ1) is 22.4. The number of nitrogens with zero attached hydrogens (tertiary/aromatic N) is 1. The van der Waals surface area contributed by atoms with Gasteiger partial charge in [0.15, 0.2) is 17.5 Å². The van der Waals surface area contributed by atoms with E-state index in [2.05, 4.69) is 48.7 Å². The van der Waals surface area contributed by atoms with Gasteiger partial charge in [0.05, 0.1) is 27.9 Å². The number of guanidine groups is 1. The van der Waals surface area contributed by atoms with Crippen LogP contribution in [0.3, 0.4) is 0 Å². The van der Waals surface area contributed by atoms with E-state index in [0.29, 0.717) is 23.8 Å². The molecule has 0 saturated carbocycles. The van der Waals surface area contributed by atoms with Crippen LogP contribution < -0.4 is 24.8 Å². The summed E-state index contributed by atoms with van der Waals surface area (Å²) in [5.41, 5.74) is 3.66. The first-order chi connectivity index (χ1) is 14.1. The van der Waals surface area contributed by atoms with Gasteiger partial charge in [-0.1, -0.05) is 31.2 Å². The van der Waals surface area contributed by atoms with Crippen molar-refractivity contribution in [2.75, 3.05) is 34.4 Å². The molecule has 0 spiro atoms. The second-order valence-corrected chi connectivity index (χ2v) is 6.58. The van der Waals surface area contributed by atoms with Gasteiger partial charge < -0.3 is 24.8 Å². The molecule has 0 aliphatic heterocycles. The Hall–Kier alpha value is -2.89. The van der Waals surface area contributed by atoms with Crippen LogP contribution in [0.4, 0.5) is 0 Å². The number of methoxy groups -OCH3 is 3. The van der Waals surface area contributed by atoms with Gasteiger partial charge in [0, 0.05) is 13.1 Å². The number of aryl methyl sites for hydroxylation is 1. The molecule has 2 aromatic rings. The Labute approximate surface area is 174 Å². The van der Waals surface area contributed by atoms with Crippen LogP contribution in [-0.2, 0) is 19.4 Å². The molecule has 0 atom stereocenters. The number of rotatable bonds is 10. The Morgan fingerprint density at radius 2 is 1.45 bits per heavy atom. The van der Waals surface area contributed by atoms with Gasteiger partial charge in [0.2, 0.25) is 5.75 Å². The molecule has 2 N–H and O–H groups in total. The monoisotopic (exact) mass is 399 g/mol. The van der Waals surface area contributed by atoms with Gasteiger partial charge in [0.1, 0.15) is 0 Å². The fraction of sp³-hybridized carbons (Fsp3) is 0.435. The van der Waals surface area contributed by atoms with Crippen LogP contribution >= 0.6 is 0 Å². The average Bonchev–Trinajstić information content (AvgIpc) is 2.77. The quantitative estimate of drug-likeness (QED) is 0.472. The molecule has 2 aromatic carbocycles. The number of ether oxygens (including phenoxy) is 3. The molecule has 2 rings (SSSR count). The number of hydrogen-bond acceptors (Lipinski definition) is 4. The predicted octanol–water partition coefficient (Wildman–Crippen LogP) is 3.57. The molecule has 0 aliphatic rings. The minimum absolute atomic E-state index is 0.497. The summed E-state index contributed by atoms with van der Waals surface area (Å²) in [6, 6.07) is 12.6. The molecule has 0 heterocycles. The molecule has 6 nitrogen and oxygen atoms in total. The van der Waals surface area contributed by atoms with Crippen LogP contribution in [0.25, 0.3) is 0 Å². The smallest absolute Gasteiger partial charge is 0.203 e. The maximum Gasteiger partial charge on any atom is 0.203 e. The first-order valence-electron chi connectivity index (χ1n) is 10.0. The molecule has 0 unspecified atom stereocenters. The van der Waals surface area contributed by atoms with Gasteiger partial charge in [-0.15, -0.1) is 0 Å². The van der Waals surface area contributed by atoms with E-state index in [1.165, 1.54) is 11.1 Å². The van der Waals surface area contributed by atoms with Crippen LogP contribution in [0.2, 0.25) is 0 Å². The van der Waals surface area contributed by atoms with E-state index >= 15 is 0 Å². The molecular weight excluding hydrogens is 366 g/mol. The van der Waals surface area contributed by atoms with Gasteiger partial charge in [0.25, 0.3) is 0 Å². The topological polar surface area (TPSA) is 64.1 Å². The molecule has 0 radical (unpaired) electrons. The van der Waals surface area contributed by atoms with Crippen LogP contribution in [0, 0.1) is 0 Å². The SMILES string of the molecule is CCNC(=NCc1cc(OC)c(OC)c(OC)c1)NCCc1ccc(CC)cc1. The number of aliphatic imine (C=N–C) groups is 1. The first-order valence-corrected chi connectivity index (χ1v) is 10.0. The molecular formula is C23H33N3O3. The zero-order valence-electron chi connectivity index (χ0n) is 18.2. The van der Waals surface area contributed by atoms with Crippen molar-refractivity contribution in [3.05, 3.63) is 53.1 Å². The van der Waals surface area contributed by atoms with E-state index in [-0.39, 0.29) is 0 Å². The summed E-state index contributed by atoms with van der Waals surface area (Å²) in [5, 5.41) is 6.69. The van der Waals surface area contributed by atoms with Gasteiger partial charge in [-0.25, -0.2) is 4.99 Å². The van der Waals surface area contributed by atoms with E-state index in [1.807, 2.05) is 12.1 Å². The molecule has 29 heavy (non-hydrogen) atoms. The van der Waals surface area contributed by atoms with E-state index in [0.717, 1.165) is 37.5 Å². The maximum absolute atomic E-state index is 5.42. The molecule has 158 valence electrons. The average molecular weight is 400 g/mol. The Kier molecular flexibility index (Phi) is 9.15. The van der Waals surface area contributed by atoms with Gasteiger partial charge in [-0.3, -0.25) is 0 Å². The summed E-state index contributed by atoms with van der Waals surface area (Å²) in [6.07, 6.45) is 2.01. The minimum Gasteiger partial charge on any atom is -0.493 e. The third-order valence-electron chi connectivity index (χ3n) is 4.63. The Morgan fingerprint density at radius 1 is 0.828 bits per heavy atom. The molecule has 0 amide bonds. The van der Waals surface area contributed by atoms with Crippen molar-refractivity contribution in [3.8, 4) is 17.2 Å². The third kappa shape index (κ3) is 6.59. The predicted molar refractivity (Wildman–Crippen MR) is 118 cm³/mol. The highest BCUT2D eigenvalue weighted by Gasteiger charge is 2.13. The van der Waals surface area contributed by atoms with Crippen LogP contribution in [-0.4, -0.2) is 40.4 Å². The van der Waals surface area contributed by atoms with E-state index in [1.54, 1.807) is 21.3 Å². The van der Waals surface area contributed by atoms with Crippen molar-refractivity contribution in [2.45, 2.75) is 33.2 Å². The summed E-state index contributed by atoms with van der Waals surface area (Å²) < 4.78 is 16.2. The summed E-state index contributed by atoms with van der Waals surface area (Å²) >= 11 is 0. The second kappa shape index (κ2) is 11.8. The van der Waals surface area contributed by atoms with Crippen molar-refractivity contribution in [1.29, 1.82) is 0 Å². The van der Waals surface area contributed by atoms with Crippen LogP contribution in [0.15, 0.2) is 41.4 Å². The van der Waals surface area contributed by atoms with E-state index < -0.39 is 0 Å². The minimum atomic E-state index is 0.497. The molecule has 0 aromatic heterocycles. The van der Waals surface area contributed by atoms with Crippen LogP contribution in [0.5, 0.6) is 17.2 Å². The second-order valence-electron chi connectivity index (χ2n) is 6.58. The highest BCUT2D eigenvalue weighted by Crippen LogP contribution is 2.38. The fourth-order valence-electron chi connectivity index (χ4n) is 3.01. The van der Waals surface area contributed by atoms with Crippen molar-refractivity contribution < 1.29 is 14.2 Å². The highest BCUT2D eigenvalue weighted by molar-refractivity contribution is 5.79. The largest absolute Gasteiger partial charge is 0.493 e. The standard InChI is InChI=1S/C23H33N3O3/c1-6-17-8-10-18(11-9-17)12-13-25-23(24-7-2)26-16-19-14-20(27-3)22(29-5)21(15-19)28-4/h8-11,14-15H,6-7,12-13,16H2,1-5H3,(H2,24,25,26). The summed E-state index contributed by atoms with van der Waals surface area (Å²) in [4.78, 5) is 4.69. The maximum atomic E-state index is 5.42. The summed E-state index contributed by atoms with van der Waals surface area (Å²) in [6.45, 7) is 6.33.